The number of aromatic amines is 1. The second-order valence-electron chi connectivity index (χ2n) is 6.00. The molecule has 2 nitrogen and oxygen atoms in total. The third-order valence-corrected chi connectivity index (χ3v) is 4.70. The predicted molar refractivity (Wildman–Crippen MR) is 71.7 cm³/mol. The van der Waals surface area contributed by atoms with Crippen LogP contribution in [-0.4, -0.2) is 9.97 Å². The molecule has 0 aliphatic heterocycles. The molecule has 0 amide bonds. The summed E-state index contributed by atoms with van der Waals surface area (Å²) in [7, 11) is 0. The Labute approximate surface area is 108 Å². The van der Waals surface area contributed by atoms with Gasteiger partial charge in [-0.05, 0) is 43.1 Å². The normalized spacial score (nSPS) is 31.4. The fourth-order valence-corrected chi connectivity index (χ4v) is 3.79. The molecule has 0 radical (unpaired) electrons. The SMILES string of the molecule is CC(C)c1cc(=S)nc(C2CC3CCC2C3)[nH]1. The molecule has 3 rings (SSSR count). The van der Waals surface area contributed by atoms with E-state index in [0.29, 0.717) is 11.8 Å². The van der Waals surface area contributed by atoms with Crippen molar-refractivity contribution in [3.63, 3.8) is 0 Å². The molecular weight excluding hydrogens is 228 g/mol. The van der Waals surface area contributed by atoms with Crippen LogP contribution in [0.1, 0.15) is 62.9 Å². The summed E-state index contributed by atoms with van der Waals surface area (Å²) >= 11 is 5.30. The van der Waals surface area contributed by atoms with Gasteiger partial charge in [-0.1, -0.05) is 32.5 Å². The van der Waals surface area contributed by atoms with Gasteiger partial charge in [-0.3, -0.25) is 0 Å². The van der Waals surface area contributed by atoms with Crippen molar-refractivity contribution in [3.05, 3.63) is 22.2 Å². The van der Waals surface area contributed by atoms with E-state index in [0.717, 1.165) is 22.3 Å². The van der Waals surface area contributed by atoms with Gasteiger partial charge in [0.15, 0.2) is 0 Å². The fourth-order valence-electron chi connectivity index (χ4n) is 3.56. The largest absolute Gasteiger partial charge is 0.347 e. The zero-order valence-corrected chi connectivity index (χ0v) is 11.4. The molecule has 0 saturated heterocycles. The summed E-state index contributed by atoms with van der Waals surface area (Å²) < 4.78 is 0.755. The highest BCUT2D eigenvalue weighted by Gasteiger charge is 2.41. The Hall–Kier alpha value is -0.700. The molecule has 1 heterocycles. The van der Waals surface area contributed by atoms with Gasteiger partial charge in [0.05, 0.1) is 0 Å². The topological polar surface area (TPSA) is 28.7 Å². The molecule has 1 aromatic heterocycles. The molecule has 2 aliphatic carbocycles. The average molecular weight is 248 g/mol. The van der Waals surface area contributed by atoms with E-state index < -0.39 is 0 Å². The molecule has 3 heteroatoms. The Balaban J connectivity index is 1.95. The van der Waals surface area contributed by atoms with Gasteiger partial charge in [0, 0.05) is 11.6 Å². The Kier molecular flexibility index (Phi) is 2.81. The zero-order valence-electron chi connectivity index (χ0n) is 10.6. The van der Waals surface area contributed by atoms with Gasteiger partial charge in [0.2, 0.25) is 0 Å². The van der Waals surface area contributed by atoms with E-state index in [1.807, 2.05) is 6.07 Å². The number of nitrogens with one attached hydrogen (secondary N) is 1. The van der Waals surface area contributed by atoms with E-state index >= 15 is 0 Å². The van der Waals surface area contributed by atoms with Crippen LogP contribution in [0.5, 0.6) is 0 Å². The molecule has 0 spiro atoms. The number of hydrogen-bond acceptors (Lipinski definition) is 2. The molecule has 17 heavy (non-hydrogen) atoms. The van der Waals surface area contributed by atoms with Crippen LogP contribution in [0.3, 0.4) is 0 Å². The Morgan fingerprint density at radius 1 is 1.35 bits per heavy atom. The van der Waals surface area contributed by atoms with Crippen LogP contribution in [0.2, 0.25) is 0 Å². The Morgan fingerprint density at radius 3 is 2.76 bits per heavy atom. The lowest BCUT2D eigenvalue weighted by Crippen LogP contribution is -2.13. The van der Waals surface area contributed by atoms with Crippen molar-refractivity contribution >= 4 is 12.2 Å². The van der Waals surface area contributed by atoms with Gasteiger partial charge in [-0.2, -0.15) is 0 Å². The second kappa shape index (κ2) is 4.20. The predicted octanol–water partition coefficient (Wildman–Crippen LogP) is 4.17. The summed E-state index contributed by atoms with van der Waals surface area (Å²) in [5.41, 5.74) is 1.24. The van der Waals surface area contributed by atoms with E-state index in [9.17, 15) is 0 Å². The number of fused-ring (bicyclic) bond motifs is 2. The lowest BCUT2D eigenvalue weighted by atomic mass is 9.88. The summed E-state index contributed by atoms with van der Waals surface area (Å²) in [5.74, 6) is 4.12. The van der Waals surface area contributed by atoms with Crippen molar-refractivity contribution in [2.45, 2.75) is 51.4 Å². The van der Waals surface area contributed by atoms with Gasteiger partial charge >= 0.3 is 0 Å². The minimum atomic E-state index is 0.497. The minimum Gasteiger partial charge on any atom is -0.347 e. The molecular formula is C14H20N2S. The van der Waals surface area contributed by atoms with Crippen molar-refractivity contribution in [3.8, 4) is 0 Å². The van der Waals surface area contributed by atoms with Crippen LogP contribution in [-0.2, 0) is 0 Å². The van der Waals surface area contributed by atoms with Gasteiger partial charge < -0.3 is 4.98 Å². The van der Waals surface area contributed by atoms with E-state index in [2.05, 4.69) is 23.8 Å². The first-order chi connectivity index (χ1) is 8.13. The van der Waals surface area contributed by atoms with Crippen molar-refractivity contribution in [2.24, 2.45) is 11.8 Å². The highest BCUT2D eigenvalue weighted by atomic mass is 32.1. The highest BCUT2D eigenvalue weighted by Crippen LogP contribution is 2.52. The van der Waals surface area contributed by atoms with Crippen molar-refractivity contribution in [1.82, 2.24) is 9.97 Å². The molecule has 2 bridgehead atoms. The molecule has 2 saturated carbocycles. The maximum Gasteiger partial charge on any atom is 0.130 e. The van der Waals surface area contributed by atoms with Gasteiger partial charge in [-0.15, -0.1) is 0 Å². The zero-order chi connectivity index (χ0) is 12.0. The summed E-state index contributed by atoms with van der Waals surface area (Å²) in [6.07, 6.45) is 5.57. The maximum atomic E-state index is 5.30. The van der Waals surface area contributed by atoms with Crippen LogP contribution in [0.4, 0.5) is 0 Å². The monoisotopic (exact) mass is 248 g/mol. The van der Waals surface area contributed by atoms with Gasteiger partial charge in [0.25, 0.3) is 0 Å². The summed E-state index contributed by atoms with van der Waals surface area (Å²) in [6, 6.07) is 2.01. The first-order valence-corrected chi connectivity index (χ1v) is 7.15. The number of aromatic nitrogens is 2. The first-order valence-electron chi connectivity index (χ1n) is 6.74. The molecule has 3 unspecified atom stereocenters. The van der Waals surface area contributed by atoms with Crippen molar-refractivity contribution in [1.29, 1.82) is 0 Å². The standard InChI is InChI=1S/C14H20N2S/c1-8(2)12-7-13(17)16-14(15-12)11-6-9-3-4-10(11)5-9/h7-11H,3-6H2,1-2H3,(H,15,16,17). The number of hydrogen-bond donors (Lipinski definition) is 1. The third-order valence-electron chi connectivity index (χ3n) is 4.49. The lowest BCUT2D eigenvalue weighted by Gasteiger charge is -2.21. The molecule has 1 N–H and O–H groups in total. The van der Waals surface area contributed by atoms with E-state index in [4.69, 9.17) is 12.2 Å². The minimum absolute atomic E-state index is 0.497. The molecule has 92 valence electrons. The van der Waals surface area contributed by atoms with Gasteiger partial charge in [-0.25, -0.2) is 4.98 Å². The van der Waals surface area contributed by atoms with Crippen LogP contribution in [0.25, 0.3) is 0 Å². The second-order valence-corrected chi connectivity index (χ2v) is 6.41. The summed E-state index contributed by atoms with van der Waals surface area (Å²) in [5, 5.41) is 0. The summed E-state index contributed by atoms with van der Waals surface area (Å²) in [4.78, 5) is 8.11. The number of H-pyrrole nitrogens is 1. The van der Waals surface area contributed by atoms with Crippen LogP contribution >= 0.6 is 12.2 Å². The molecule has 0 aromatic carbocycles. The van der Waals surface area contributed by atoms with Crippen LogP contribution in [0, 0.1) is 16.5 Å². The molecule has 1 aromatic rings. The number of rotatable bonds is 2. The maximum absolute atomic E-state index is 5.30. The molecule has 2 fully saturated rings. The van der Waals surface area contributed by atoms with E-state index in [1.54, 1.807) is 0 Å². The smallest absolute Gasteiger partial charge is 0.130 e. The fraction of sp³-hybridized carbons (Fsp3) is 0.714. The molecule has 3 atom stereocenters. The highest BCUT2D eigenvalue weighted by molar-refractivity contribution is 7.71. The van der Waals surface area contributed by atoms with Crippen LogP contribution in [0.15, 0.2) is 6.07 Å². The Bertz CT molecular complexity index is 477. The van der Waals surface area contributed by atoms with Crippen molar-refractivity contribution < 1.29 is 0 Å². The summed E-state index contributed by atoms with van der Waals surface area (Å²) in [6.45, 7) is 4.40. The van der Waals surface area contributed by atoms with E-state index in [-0.39, 0.29) is 0 Å². The average Bonchev–Trinajstić information content (AvgIpc) is 2.89. The van der Waals surface area contributed by atoms with E-state index in [1.165, 1.54) is 31.4 Å². The lowest BCUT2D eigenvalue weighted by molar-refractivity contribution is 0.403. The van der Waals surface area contributed by atoms with Crippen LogP contribution < -0.4 is 0 Å². The quantitative estimate of drug-likeness (QED) is 0.796. The Morgan fingerprint density at radius 2 is 2.18 bits per heavy atom. The third kappa shape index (κ3) is 2.05. The van der Waals surface area contributed by atoms with Crippen molar-refractivity contribution in [2.75, 3.05) is 0 Å². The molecule has 2 aliphatic rings. The first kappa shape index (κ1) is 11.4. The van der Waals surface area contributed by atoms with Gasteiger partial charge in [0.1, 0.15) is 10.5 Å². The number of nitrogens with zero attached hydrogens (tertiary/aromatic N) is 1.